The van der Waals surface area contributed by atoms with Crippen molar-refractivity contribution in [3.05, 3.63) is 74.2 Å². The summed E-state index contributed by atoms with van der Waals surface area (Å²) in [7, 11) is 0. The van der Waals surface area contributed by atoms with E-state index in [1.807, 2.05) is 61.5 Å². The molecule has 0 atom stereocenters. The van der Waals surface area contributed by atoms with Crippen LogP contribution >= 0.6 is 11.3 Å². The van der Waals surface area contributed by atoms with Crippen LogP contribution in [0.5, 0.6) is 5.88 Å². The molecule has 1 aliphatic heterocycles. The summed E-state index contributed by atoms with van der Waals surface area (Å²) < 4.78 is 1.38. The van der Waals surface area contributed by atoms with E-state index in [0.29, 0.717) is 4.88 Å². The molecule has 0 aliphatic carbocycles. The number of aliphatic imine (C=N–C) groups is 1. The fourth-order valence-electron chi connectivity index (χ4n) is 3.01. The summed E-state index contributed by atoms with van der Waals surface area (Å²) in [6, 6.07) is 15.4. The van der Waals surface area contributed by atoms with Gasteiger partial charge in [0.05, 0.1) is 16.3 Å². The van der Waals surface area contributed by atoms with Crippen molar-refractivity contribution in [1.82, 2.24) is 4.57 Å². The minimum absolute atomic E-state index is 0.0267. The molecule has 1 N–H and O–H groups in total. The molecule has 0 saturated carbocycles. The van der Waals surface area contributed by atoms with Crippen molar-refractivity contribution in [3.8, 4) is 11.6 Å². The summed E-state index contributed by atoms with van der Waals surface area (Å²) in [5.74, 6) is -0.0267. The second kappa shape index (κ2) is 6.18. The van der Waals surface area contributed by atoms with E-state index in [2.05, 4.69) is 4.99 Å². The highest BCUT2D eigenvalue weighted by Crippen LogP contribution is 2.35. The number of aromatic nitrogens is 1. The van der Waals surface area contributed by atoms with E-state index in [1.165, 1.54) is 4.57 Å². The Bertz CT molecular complexity index is 1070. The van der Waals surface area contributed by atoms with E-state index in [1.54, 1.807) is 6.21 Å². The monoisotopic (exact) mass is 348 g/mol. The number of benzene rings is 2. The zero-order valence-electron chi connectivity index (χ0n) is 13.6. The van der Waals surface area contributed by atoms with Crippen molar-refractivity contribution in [3.63, 3.8) is 0 Å². The van der Waals surface area contributed by atoms with Crippen molar-refractivity contribution in [2.45, 2.75) is 13.3 Å². The molecule has 2 aromatic carbocycles. The minimum atomic E-state index is -0.200. The highest BCUT2D eigenvalue weighted by Gasteiger charge is 2.18. The lowest BCUT2D eigenvalue weighted by molar-refractivity contribution is 0.439. The standard InChI is InChI=1S/C20H16N2O2S/c1-2-13-7-3-6-10-17(13)22-19(23)18(25-20(22)24)11-14-12-21-16-9-5-4-8-15(14)16/h3-12,23H,2H2,1H3/b14-11+. The van der Waals surface area contributed by atoms with Gasteiger partial charge in [-0.15, -0.1) is 0 Å². The predicted molar refractivity (Wildman–Crippen MR) is 103 cm³/mol. The number of allylic oxidation sites excluding steroid dienone is 1. The summed E-state index contributed by atoms with van der Waals surface area (Å²) in [5.41, 5.74) is 4.54. The molecule has 4 rings (SSSR count). The largest absolute Gasteiger partial charge is 0.493 e. The van der Waals surface area contributed by atoms with Crippen molar-refractivity contribution in [2.75, 3.05) is 0 Å². The maximum absolute atomic E-state index is 12.5. The molecule has 1 aliphatic rings. The molecule has 124 valence electrons. The Kier molecular flexibility index (Phi) is 3.86. The van der Waals surface area contributed by atoms with Crippen LogP contribution < -0.4 is 4.87 Å². The van der Waals surface area contributed by atoms with E-state index < -0.39 is 0 Å². The number of rotatable bonds is 3. The summed E-state index contributed by atoms with van der Waals surface area (Å²) in [5, 5.41) is 10.7. The van der Waals surface area contributed by atoms with Crippen LogP contribution in [0.1, 0.15) is 22.9 Å². The Balaban J connectivity index is 1.84. The lowest BCUT2D eigenvalue weighted by atomic mass is 10.1. The van der Waals surface area contributed by atoms with E-state index in [9.17, 15) is 9.90 Å². The molecule has 0 saturated heterocycles. The van der Waals surface area contributed by atoms with Crippen LogP contribution in [-0.2, 0) is 6.42 Å². The predicted octanol–water partition coefficient (Wildman–Crippen LogP) is 4.42. The second-order valence-electron chi connectivity index (χ2n) is 5.75. The normalized spacial score (nSPS) is 14.2. The fourth-order valence-corrected chi connectivity index (χ4v) is 3.84. The van der Waals surface area contributed by atoms with E-state index in [0.717, 1.165) is 45.8 Å². The van der Waals surface area contributed by atoms with Crippen LogP contribution in [0.2, 0.25) is 0 Å². The van der Waals surface area contributed by atoms with Crippen molar-refractivity contribution in [2.24, 2.45) is 4.99 Å². The highest BCUT2D eigenvalue weighted by atomic mass is 32.1. The molecule has 0 unspecified atom stereocenters. The Morgan fingerprint density at radius 3 is 2.76 bits per heavy atom. The molecule has 3 aromatic rings. The lowest BCUT2D eigenvalue weighted by Gasteiger charge is -2.08. The summed E-state index contributed by atoms with van der Waals surface area (Å²) in [6.07, 6.45) is 4.37. The van der Waals surface area contributed by atoms with Crippen LogP contribution in [0.4, 0.5) is 5.69 Å². The Hall–Kier alpha value is -2.92. The van der Waals surface area contributed by atoms with Crippen LogP contribution in [-0.4, -0.2) is 15.9 Å². The first-order valence-corrected chi connectivity index (χ1v) is 8.89. The molecular weight excluding hydrogens is 332 g/mol. The van der Waals surface area contributed by atoms with Gasteiger partial charge in [-0.2, -0.15) is 0 Å². The van der Waals surface area contributed by atoms with Gasteiger partial charge in [-0.3, -0.25) is 9.79 Å². The first-order valence-electron chi connectivity index (χ1n) is 8.07. The quantitative estimate of drug-likeness (QED) is 0.761. The summed E-state index contributed by atoms with van der Waals surface area (Å²) in [4.78, 5) is 17.2. The maximum atomic E-state index is 12.5. The van der Waals surface area contributed by atoms with Gasteiger partial charge in [-0.05, 0) is 30.2 Å². The summed E-state index contributed by atoms with van der Waals surface area (Å²) in [6.45, 7) is 2.03. The number of thiazole rings is 1. The molecule has 1 aromatic heterocycles. The molecule has 0 spiro atoms. The van der Waals surface area contributed by atoms with E-state index in [-0.39, 0.29) is 10.8 Å². The van der Waals surface area contributed by atoms with Gasteiger partial charge in [0.25, 0.3) is 0 Å². The van der Waals surface area contributed by atoms with Crippen LogP contribution in [0.3, 0.4) is 0 Å². The zero-order valence-corrected chi connectivity index (χ0v) is 14.5. The highest BCUT2D eigenvalue weighted by molar-refractivity contribution is 7.10. The molecule has 0 bridgehead atoms. The van der Waals surface area contributed by atoms with Gasteiger partial charge in [-0.1, -0.05) is 54.7 Å². The van der Waals surface area contributed by atoms with Gasteiger partial charge >= 0.3 is 4.87 Å². The van der Waals surface area contributed by atoms with Crippen LogP contribution in [0.15, 0.2) is 58.3 Å². The number of aromatic hydroxyl groups is 1. The Morgan fingerprint density at radius 2 is 1.92 bits per heavy atom. The molecule has 25 heavy (non-hydrogen) atoms. The molecule has 2 heterocycles. The summed E-state index contributed by atoms with van der Waals surface area (Å²) >= 11 is 1.04. The number of nitrogens with zero attached hydrogens (tertiary/aromatic N) is 2. The topological polar surface area (TPSA) is 54.6 Å². The number of para-hydroxylation sites is 2. The third kappa shape index (κ3) is 2.62. The fraction of sp³-hybridized carbons (Fsp3) is 0.100. The van der Waals surface area contributed by atoms with Gasteiger partial charge < -0.3 is 5.11 Å². The average Bonchev–Trinajstić information content (AvgIpc) is 3.16. The van der Waals surface area contributed by atoms with Crippen molar-refractivity contribution < 1.29 is 5.11 Å². The maximum Gasteiger partial charge on any atom is 0.315 e. The van der Waals surface area contributed by atoms with E-state index in [4.69, 9.17) is 0 Å². The molecule has 4 nitrogen and oxygen atoms in total. The Labute approximate surface area is 149 Å². The first kappa shape index (κ1) is 15.6. The van der Waals surface area contributed by atoms with Gasteiger partial charge in [0.2, 0.25) is 5.88 Å². The molecule has 0 fully saturated rings. The minimum Gasteiger partial charge on any atom is -0.493 e. The third-order valence-electron chi connectivity index (χ3n) is 4.27. The van der Waals surface area contributed by atoms with Gasteiger partial charge in [-0.25, -0.2) is 4.57 Å². The third-order valence-corrected chi connectivity index (χ3v) is 5.15. The van der Waals surface area contributed by atoms with Gasteiger partial charge in [0, 0.05) is 17.4 Å². The first-order chi connectivity index (χ1) is 12.2. The molecule has 0 amide bonds. The second-order valence-corrected chi connectivity index (χ2v) is 6.74. The molecular formula is C20H16N2O2S. The lowest BCUT2D eigenvalue weighted by Crippen LogP contribution is -2.11. The number of hydrogen-bond donors (Lipinski definition) is 1. The van der Waals surface area contributed by atoms with Gasteiger partial charge in [0.1, 0.15) is 0 Å². The Morgan fingerprint density at radius 1 is 1.16 bits per heavy atom. The number of fused-ring (bicyclic) bond motifs is 1. The zero-order chi connectivity index (χ0) is 17.4. The smallest absolute Gasteiger partial charge is 0.315 e. The van der Waals surface area contributed by atoms with Crippen LogP contribution in [0.25, 0.3) is 17.3 Å². The average molecular weight is 348 g/mol. The van der Waals surface area contributed by atoms with Crippen molar-refractivity contribution in [1.29, 1.82) is 0 Å². The number of hydrogen-bond acceptors (Lipinski definition) is 4. The SMILES string of the molecule is CCc1ccccc1-n1c(O)c(/C=C2\C=Nc3ccccc32)sc1=O. The molecule has 5 heteroatoms. The van der Waals surface area contributed by atoms with E-state index >= 15 is 0 Å². The molecule has 0 radical (unpaired) electrons. The van der Waals surface area contributed by atoms with Crippen molar-refractivity contribution >= 4 is 34.9 Å². The van der Waals surface area contributed by atoms with Gasteiger partial charge in [0.15, 0.2) is 0 Å². The number of aryl methyl sites for hydroxylation is 1. The van der Waals surface area contributed by atoms with Crippen LogP contribution in [0, 0.1) is 0 Å².